The number of sulfonamides is 1. The van der Waals surface area contributed by atoms with E-state index in [0.29, 0.717) is 18.7 Å². The molecule has 0 aliphatic carbocycles. The summed E-state index contributed by atoms with van der Waals surface area (Å²) in [4.78, 5) is 54.8. The number of carbonyl (C=O) groups is 4. The standard InChI is InChI=1S/C26H34N4O8S/c1-6-30(7-2)26(34)18-9-11-20(12-10-18)39(35,36)29-24(32)19-13-21(38-16-17(4)5)23(27-14-19)25(33)28-15-22(31)37-8-3/h9-14,17H,6-8,15-16H2,1-5H3,(H,28,33)(H,29,32). The topological polar surface area (TPSA) is 161 Å². The summed E-state index contributed by atoms with van der Waals surface area (Å²) in [5, 5.41) is 2.37. The smallest absolute Gasteiger partial charge is 0.325 e. The van der Waals surface area contributed by atoms with Crippen molar-refractivity contribution >= 4 is 33.7 Å². The molecule has 3 amide bonds. The van der Waals surface area contributed by atoms with Crippen LogP contribution < -0.4 is 14.8 Å². The number of rotatable bonds is 13. The van der Waals surface area contributed by atoms with Crippen molar-refractivity contribution < 1.29 is 37.1 Å². The van der Waals surface area contributed by atoms with E-state index in [9.17, 15) is 27.6 Å². The van der Waals surface area contributed by atoms with Crippen molar-refractivity contribution in [1.29, 1.82) is 0 Å². The molecular weight excluding hydrogens is 528 g/mol. The molecule has 2 N–H and O–H groups in total. The molecule has 0 spiro atoms. The molecule has 0 aliphatic heterocycles. The first-order chi connectivity index (χ1) is 18.4. The highest BCUT2D eigenvalue weighted by Crippen LogP contribution is 2.20. The van der Waals surface area contributed by atoms with Crippen molar-refractivity contribution in [2.75, 3.05) is 32.8 Å². The van der Waals surface area contributed by atoms with E-state index in [-0.39, 0.29) is 46.9 Å². The number of hydrogen-bond donors (Lipinski definition) is 2. The van der Waals surface area contributed by atoms with Crippen molar-refractivity contribution in [3.8, 4) is 5.75 Å². The third-order valence-electron chi connectivity index (χ3n) is 5.29. The van der Waals surface area contributed by atoms with Crippen LogP contribution in [0.3, 0.4) is 0 Å². The molecule has 12 nitrogen and oxygen atoms in total. The van der Waals surface area contributed by atoms with Gasteiger partial charge in [0.25, 0.3) is 27.7 Å². The van der Waals surface area contributed by atoms with Crippen LogP contribution in [-0.4, -0.2) is 74.8 Å². The van der Waals surface area contributed by atoms with Gasteiger partial charge in [-0.15, -0.1) is 0 Å². The number of benzene rings is 1. The average Bonchev–Trinajstić information content (AvgIpc) is 2.91. The predicted molar refractivity (Wildman–Crippen MR) is 142 cm³/mol. The molecule has 0 bridgehead atoms. The van der Waals surface area contributed by atoms with E-state index in [4.69, 9.17) is 9.47 Å². The minimum atomic E-state index is -4.29. The zero-order valence-electron chi connectivity index (χ0n) is 22.6. The highest BCUT2D eigenvalue weighted by Gasteiger charge is 2.23. The first-order valence-electron chi connectivity index (χ1n) is 12.5. The lowest BCUT2D eigenvalue weighted by Crippen LogP contribution is -2.33. The minimum absolute atomic E-state index is 0.0608. The number of nitrogens with one attached hydrogen (secondary N) is 2. The number of carbonyl (C=O) groups excluding carboxylic acids is 4. The molecule has 1 heterocycles. The second-order valence-corrected chi connectivity index (χ2v) is 10.4. The number of esters is 1. The fourth-order valence-corrected chi connectivity index (χ4v) is 4.24. The molecule has 2 rings (SSSR count). The Labute approximate surface area is 228 Å². The van der Waals surface area contributed by atoms with Crippen molar-refractivity contribution in [3.05, 3.63) is 53.3 Å². The fourth-order valence-electron chi connectivity index (χ4n) is 3.26. The summed E-state index contributed by atoms with van der Waals surface area (Å²) in [6.07, 6.45) is 1.03. The monoisotopic (exact) mass is 562 g/mol. The van der Waals surface area contributed by atoms with Crippen molar-refractivity contribution in [3.63, 3.8) is 0 Å². The van der Waals surface area contributed by atoms with Crippen molar-refractivity contribution in [1.82, 2.24) is 19.9 Å². The summed E-state index contributed by atoms with van der Waals surface area (Å²) in [6.45, 7) is 10.0. The maximum atomic E-state index is 12.8. The van der Waals surface area contributed by atoms with E-state index >= 15 is 0 Å². The molecule has 1 aromatic heterocycles. The number of amides is 3. The SMILES string of the molecule is CCOC(=O)CNC(=O)c1ncc(C(=O)NS(=O)(=O)c2ccc(C(=O)N(CC)CC)cc2)cc1OCC(C)C. The summed E-state index contributed by atoms with van der Waals surface area (Å²) in [7, 11) is -4.29. The fraction of sp³-hybridized carbons (Fsp3) is 0.423. The zero-order valence-corrected chi connectivity index (χ0v) is 23.5. The second-order valence-electron chi connectivity index (χ2n) is 8.70. The van der Waals surface area contributed by atoms with E-state index in [0.717, 1.165) is 6.20 Å². The van der Waals surface area contributed by atoms with Gasteiger partial charge in [-0.25, -0.2) is 18.1 Å². The first kappa shape index (κ1) is 31.2. The number of pyridine rings is 1. The molecule has 0 aliphatic rings. The van der Waals surface area contributed by atoms with Gasteiger partial charge in [0.05, 0.1) is 23.7 Å². The average molecular weight is 563 g/mol. The molecule has 212 valence electrons. The molecule has 39 heavy (non-hydrogen) atoms. The van der Waals surface area contributed by atoms with E-state index in [1.165, 1.54) is 30.3 Å². The van der Waals surface area contributed by atoms with Crippen LogP contribution in [0.25, 0.3) is 0 Å². The summed E-state index contributed by atoms with van der Waals surface area (Å²) in [5.41, 5.74) is -0.0441. The quantitative estimate of drug-likeness (QED) is 0.348. The maximum absolute atomic E-state index is 12.8. The van der Waals surface area contributed by atoms with Gasteiger partial charge in [0.15, 0.2) is 11.4 Å². The van der Waals surface area contributed by atoms with Crippen molar-refractivity contribution in [2.24, 2.45) is 5.92 Å². The van der Waals surface area contributed by atoms with Gasteiger partial charge in [-0.3, -0.25) is 19.2 Å². The van der Waals surface area contributed by atoms with Gasteiger partial charge in [-0.2, -0.15) is 0 Å². The Morgan fingerprint density at radius 2 is 1.62 bits per heavy atom. The summed E-state index contributed by atoms with van der Waals surface area (Å²) in [6, 6.07) is 6.43. The van der Waals surface area contributed by atoms with Gasteiger partial charge in [0, 0.05) is 24.8 Å². The Balaban J connectivity index is 2.24. The van der Waals surface area contributed by atoms with E-state index in [1.54, 1.807) is 11.8 Å². The van der Waals surface area contributed by atoms with Crippen LogP contribution in [-0.2, 0) is 19.6 Å². The lowest BCUT2D eigenvalue weighted by atomic mass is 10.2. The van der Waals surface area contributed by atoms with Crippen LogP contribution in [0.5, 0.6) is 5.75 Å². The molecule has 2 aromatic rings. The molecule has 0 saturated carbocycles. The molecule has 13 heteroatoms. The lowest BCUT2D eigenvalue weighted by molar-refractivity contribution is -0.141. The largest absolute Gasteiger partial charge is 0.491 e. The van der Waals surface area contributed by atoms with Gasteiger partial charge in [0.1, 0.15) is 6.54 Å². The van der Waals surface area contributed by atoms with Gasteiger partial charge in [-0.1, -0.05) is 13.8 Å². The summed E-state index contributed by atoms with van der Waals surface area (Å²) in [5.74, 6) is -2.61. The Hall–Kier alpha value is -4.00. The Bertz CT molecular complexity index is 1290. The van der Waals surface area contributed by atoms with Crippen LogP contribution >= 0.6 is 0 Å². The predicted octanol–water partition coefficient (Wildman–Crippen LogP) is 2.01. The minimum Gasteiger partial charge on any atom is -0.491 e. The van der Waals surface area contributed by atoms with Crippen LogP contribution in [0, 0.1) is 5.92 Å². The van der Waals surface area contributed by atoms with Gasteiger partial charge in [0.2, 0.25) is 0 Å². The molecular formula is C26H34N4O8S. The molecule has 0 fully saturated rings. The van der Waals surface area contributed by atoms with Crippen LogP contribution in [0.15, 0.2) is 41.4 Å². The zero-order chi connectivity index (χ0) is 29.2. The van der Waals surface area contributed by atoms with E-state index < -0.39 is 34.4 Å². The Kier molecular flexibility index (Phi) is 11.4. The van der Waals surface area contributed by atoms with E-state index in [2.05, 4.69) is 10.3 Å². The summed E-state index contributed by atoms with van der Waals surface area (Å²) < 4.78 is 38.0. The van der Waals surface area contributed by atoms with Crippen molar-refractivity contribution in [2.45, 2.75) is 39.5 Å². The molecule has 1 aromatic carbocycles. The van der Waals surface area contributed by atoms with Crippen LogP contribution in [0.4, 0.5) is 0 Å². The van der Waals surface area contributed by atoms with Gasteiger partial charge >= 0.3 is 5.97 Å². The lowest BCUT2D eigenvalue weighted by Gasteiger charge is -2.18. The van der Waals surface area contributed by atoms with E-state index in [1.807, 2.05) is 32.4 Å². The third-order valence-corrected chi connectivity index (χ3v) is 6.64. The number of hydrogen-bond acceptors (Lipinski definition) is 9. The second kappa shape index (κ2) is 14.2. The number of aromatic nitrogens is 1. The normalized spacial score (nSPS) is 11.0. The van der Waals surface area contributed by atoms with Gasteiger partial charge < -0.3 is 19.7 Å². The number of nitrogens with zero attached hydrogens (tertiary/aromatic N) is 2. The molecule has 0 saturated heterocycles. The van der Waals surface area contributed by atoms with Gasteiger partial charge in [-0.05, 0) is 57.0 Å². The molecule has 0 atom stereocenters. The highest BCUT2D eigenvalue weighted by molar-refractivity contribution is 7.90. The Morgan fingerprint density at radius 1 is 0.974 bits per heavy atom. The maximum Gasteiger partial charge on any atom is 0.325 e. The highest BCUT2D eigenvalue weighted by atomic mass is 32.2. The van der Waals surface area contributed by atoms with Crippen LogP contribution in [0.1, 0.15) is 65.8 Å². The Morgan fingerprint density at radius 3 is 2.18 bits per heavy atom. The molecule has 0 unspecified atom stereocenters. The number of ether oxygens (including phenoxy) is 2. The first-order valence-corrected chi connectivity index (χ1v) is 13.9. The summed E-state index contributed by atoms with van der Waals surface area (Å²) >= 11 is 0. The third kappa shape index (κ3) is 8.77. The molecule has 0 radical (unpaired) electrons. The van der Waals surface area contributed by atoms with Crippen LogP contribution in [0.2, 0.25) is 0 Å².